The van der Waals surface area contributed by atoms with Crippen molar-refractivity contribution in [1.29, 1.82) is 0 Å². The number of hydrogen-bond acceptors (Lipinski definition) is 1. The van der Waals surface area contributed by atoms with Gasteiger partial charge in [0.15, 0.2) is 0 Å². The van der Waals surface area contributed by atoms with Gasteiger partial charge >= 0.3 is 0 Å². The van der Waals surface area contributed by atoms with Crippen LogP contribution in [0.2, 0.25) is 0 Å². The Hall–Kier alpha value is -8.00. The molecule has 0 fully saturated rings. The molecular weight excluding hydrogens is 735 g/mol. The molecule has 0 spiro atoms. The van der Waals surface area contributed by atoms with Crippen molar-refractivity contribution in [3.63, 3.8) is 0 Å². The van der Waals surface area contributed by atoms with Crippen LogP contribution in [0.3, 0.4) is 0 Å². The fourth-order valence-electron chi connectivity index (χ4n) is 8.95. The standard InChI is InChI=1S/C60H41N/c1-3-13-42(14-4-1)44-23-25-45(26-24-44)46-27-33-52(34-28-46)61(54-37-31-43-15-7-8-18-49(43)39-54)53-35-29-47(30-36-53)50-32-38-58(59(40-50)48-16-5-2-6-17-48)60-41-51-19-9-10-20-55(51)56-21-11-12-22-57(56)60/h1-41H. The van der Waals surface area contributed by atoms with Crippen molar-refractivity contribution in [2.24, 2.45) is 0 Å². The van der Waals surface area contributed by atoms with Crippen LogP contribution in [0.5, 0.6) is 0 Å². The Balaban J connectivity index is 0.975. The molecule has 11 aromatic carbocycles. The second kappa shape index (κ2) is 15.6. The lowest BCUT2D eigenvalue weighted by atomic mass is 9.87. The molecule has 0 saturated carbocycles. The fraction of sp³-hybridized carbons (Fsp3) is 0. The van der Waals surface area contributed by atoms with Gasteiger partial charge in [0.1, 0.15) is 0 Å². The first-order valence-electron chi connectivity index (χ1n) is 21.0. The zero-order valence-electron chi connectivity index (χ0n) is 33.6. The maximum absolute atomic E-state index is 2.37. The summed E-state index contributed by atoms with van der Waals surface area (Å²) in [6.07, 6.45) is 0. The van der Waals surface area contributed by atoms with Gasteiger partial charge in [0.25, 0.3) is 0 Å². The van der Waals surface area contributed by atoms with Gasteiger partial charge in [0.2, 0.25) is 0 Å². The lowest BCUT2D eigenvalue weighted by molar-refractivity contribution is 1.29. The maximum atomic E-state index is 2.37. The summed E-state index contributed by atoms with van der Waals surface area (Å²) in [5.74, 6) is 0. The van der Waals surface area contributed by atoms with Gasteiger partial charge in [-0.3, -0.25) is 0 Å². The molecule has 1 nitrogen and oxygen atoms in total. The predicted octanol–water partition coefficient (Wildman–Crippen LogP) is 17.0. The first-order chi connectivity index (χ1) is 30.2. The van der Waals surface area contributed by atoms with Crippen molar-refractivity contribution in [3.8, 4) is 55.6 Å². The molecule has 0 aliphatic rings. The van der Waals surface area contributed by atoms with Gasteiger partial charge in [-0.1, -0.05) is 200 Å². The highest BCUT2D eigenvalue weighted by Crippen LogP contribution is 2.43. The lowest BCUT2D eigenvalue weighted by Gasteiger charge is -2.26. The van der Waals surface area contributed by atoms with Crippen LogP contribution >= 0.6 is 0 Å². The van der Waals surface area contributed by atoms with E-state index in [0.29, 0.717) is 0 Å². The molecule has 0 heterocycles. The topological polar surface area (TPSA) is 3.24 Å². The molecule has 0 bridgehead atoms. The summed E-state index contributed by atoms with van der Waals surface area (Å²) in [6.45, 7) is 0. The van der Waals surface area contributed by atoms with Crippen LogP contribution in [0.1, 0.15) is 0 Å². The highest BCUT2D eigenvalue weighted by atomic mass is 15.1. The summed E-state index contributed by atoms with van der Waals surface area (Å²) in [5, 5.41) is 7.51. The summed E-state index contributed by atoms with van der Waals surface area (Å²) in [4.78, 5) is 2.36. The number of nitrogens with zero attached hydrogens (tertiary/aromatic N) is 1. The van der Waals surface area contributed by atoms with Crippen LogP contribution in [0.15, 0.2) is 249 Å². The molecule has 286 valence electrons. The molecule has 0 aromatic heterocycles. The monoisotopic (exact) mass is 775 g/mol. The van der Waals surface area contributed by atoms with Crippen LogP contribution < -0.4 is 4.90 Å². The number of benzene rings is 11. The Kier molecular flexibility index (Phi) is 9.26. The van der Waals surface area contributed by atoms with Crippen LogP contribution in [0, 0.1) is 0 Å². The average Bonchev–Trinajstić information content (AvgIpc) is 3.35. The van der Waals surface area contributed by atoms with E-state index in [4.69, 9.17) is 0 Å². The van der Waals surface area contributed by atoms with Crippen LogP contribution in [0.25, 0.3) is 88.0 Å². The van der Waals surface area contributed by atoms with E-state index in [0.717, 1.165) is 17.1 Å². The first kappa shape index (κ1) is 36.1. The van der Waals surface area contributed by atoms with Crippen LogP contribution in [0.4, 0.5) is 17.1 Å². The molecule has 0 radical (unpaired) electrons. The molecule has 0 atom stereocenters. The highest BCUT2D eigenvalue weighted by molar-refractivity contribution is 6.15. The zero-order valence-corrected chi connectivity index (χ0v) is 33.6. The molecule has 1 heteroatoms. The molecular formula is C60H41N. The van der Waals surface area contributed by atoms with Gasteiger partial charge in [-0.25, -0.2) is 0 Å². The Morgan fingerprint density at radius 1 is 0.197 bits per heavy atom. The number of fused-ring (bicyclic) bond motifs is 4. The van der Waals surface area contributed by atoms with Crippen molar-refractivity contribution in [2.45, 2.75) is 0 Å². The summed E-state index contributed by atoms with van der Waals surface area (Å²) < 4.78 is 0. The summed E-state index contributed by atoms with van der Waals surface area (Å²) >= 11 is 0. The predicted molar refractivity (Wildman–Crippen MR) is 261 cm³/mol. The molecule has 11 aromatic rings. The van der Waals surface area contributed by atoms with E-state index >= 15 is 0 Å². The largest absolute Gasteiger partial charge is 0.310 e. The normalized spacial score (nSPS) is 11.3. The molecule has 0 N–H and O–H groups in total. The van der Waals surface area contributed by atoms with Gasteiger partial charge < -0.3 is 4.90 Å². The van der Waals surface area contributed by atoms with E-state index in [2.05, 4.69) is 254 Å². The Labute approximate surface area is 357 Å². The molecule has 0 amide bonds. The maximum Gasteiger partial charge on any atom is 0.0468 e. The van der Waals surface area contributed by atoms with Crippen molar-refractivity contribution in [1.82, 2.24) is 0 Å². The molecule has 61 heavy (non-hydrogen) atoms. The Morgan fingerprint density at radius 3 is 1.28 bits per heavy atom. The van der Waals surface area contributed by atoms with E-state index in [1.165, 1.54) is 88.0 Å². The van der Waals surface area contributed by atoms with Gasteiger partial charge in [0.05, 0.1) is 0 Å². The molecule has 0 unspecified atom stereocenters. The van der Waals surface area contributed by atoms with Crippen molar-refractivity contribution in [2.75, 3.05) is 4.90 Å². The highest BCUT2D eigenvalue weighted by Gasteiger charge is 2.17. The average molecular weight is 776 g/mol. The lowest BCUT2D eigenvalue weighted by Crippen LogP contribution is -2.09. The van der Waals surface area contributed by atoms with E-state index in [9.17, 15) is 0 Å². The second-order valence-corrected chi connectivity index (χ2v) is 15.7. The zero-order chi connectivity index (χ0) is 40.5. The van der Waals surface area contributed by atoms with Crippen LogP contribution in [-0.4, -0.2) is 0 Å². The third-order valence-electron chi connectivity index (χ3n) is 12.1. The quantitative estimate of drug-likeness (QED) is 0.139. The minimum absolute atomic E-state index is 1.10. The van der Waals surface area contributed by atoms with E-state index < -0.39 is 0 Å². The minimum atomic E-state index is 1.10. The van der Waals surface area contributed by atoms with Gasteiger partial charge in [-0.2, -0.15) is 0 Å². The summed E-state index contributed by atoms with van der Waals surface area (Å²) in [6, 6.07) is 90.4. The minimum Gasteiger partial charge on any atom is -0.310 e. The molecule has 11 rings (SSSR count). The van der Waals surface area contributed by atoms with Gasteiger partial charge in [0, 0.05) is 17.1 Å². The molecule has 0 aliphatic carbocycles. The number of anilines is 3. The summed E-state index contributed by atoms with van der Waals surface area (Å²) in [5.41, 5.74) is 15.4. The van der Waals surface area contributed by atoms with E-state index in [1.54, 1.807) is 0 Å². The van der Waals surface area contributed by atoms with Crippen molar-refractivity contribution >= 4 is 49.4 Å². The van der Waals surface area contributed by atoms with Gasteiger partial charge in [-0.05, 0) is 136 Å². The third-order valence-corrected chi connectivity index (χ3v) is 12.1. The second-order valence-electron chi connectivity index (χ2n) is 15.7. The van der Waals surface area contributed by atoms with E-state index in [-0.39, 0.29) is 0 Å². The smallest absolute Gasteiger partial charge is 0.0468 e. The number of hydrogen-bond donors (Lipinski definition) is 0. The summed E-state index contributed by atoms with van der Waals surface area (Å²) in [7, 11) is 0. The van der Waals surface area contributed by atoms with Crippen molar-refractivity contribution in [3.05, 3.63) is 249 Å². The Bertz CT molecular complexity index is 3310. The number of rotatable bonds is 8. The fourth-order valence-corrected chi connectivity index (χ4v) is 8.95. The third kappa shape index (κ3) is 6.93. The molecule has 0 aliphatic heterocycles. The van der Waals surface area contributed by atoms with Crippen LogP contribution in [-0.2, 0) is 0 Å². The SMILES string of the molecule is c1ccc(-c2ccc(-c3ccc(N(c4ccc(-c5ccc(-c6cc7ccccc7c7ccccc67)c(-c6ccccc6)c5)cc4)c4ccc5ccccc5c4)cc3)cc2)cc1. The van der Waals surface area contributed by atoms with E-state index in [1.807, 2.05) is 0 Å². The molecule has 0 saturated heterocycles. The Morgan fingerprint density at radius 2 is 0.639 bits per heavy atom. The van der Waals surface area contributed by atoms with Gasteiger partial charge in [-0.15, -0.1) is 0 Å². The first-order valence-corrected chi connectivity index (χ1v) is 21.0. The van der Waals surface area contributed by atoms with Crippen molar-refractivity contribution < 1.29 is 0 Å².